The lowest BCUT2D eigenvalue weighted by atomic mass is 9.57. The van der Waals surface area contributed by atoms with Gasteiger partial charge in [-0.3, -0.25) is 14.5 Å². The van der Waals surface area contributed by atoms with Crippen LogP contribution in [0.2, 0.25) is 0 Å². The Bertz CT molecular complexity index is 1410. The summed E-state index contributed by atoms with van der Waals surface area (Å²) < 4.78 is 12.3. The highest BCUT2D eigenvalue weighted by atomic mass is 79.9. The fourth-order valence-electron chi connectivity index (χ4n) is 6.85. The Labute approximate surface area is 215 Å². The molecule has 6 nitrogen and oxygen atoms in total. The number of ether oxygens (including phenoxy) is 2. The maximum absolute atomic E-state index is 14.3. The number of thioether (sulfide) groups is 1. The minimum atomic E-state index is -1.25. The Balaban J connectivity index is 1.61. The SMILES string of the molecule is COc1ccc([C@@H]2[C@H]3CSCN3[C@]3(C(=O)Nc4ccc(Br)cc43)[C@@]23C(=O)Oc2ccccc23)cc1. The normalized spacial score (nSPS) is 30.3. The lowest BCUT2D eigenvalue weighted by Gasteiger charge is -2.42. The number of para-hydroxylation sites is 1. The Kier molecular flexibility index (Phi) is 4.51. The molecule has 7 rings (SSSR count). The van der Waals surface area contributed by atoms with Gasteiger partial charge in [0.05, 0.1) is 7.11 Å². The van der Waals surface area contributed by atoms with Crippen molar-refractivity contribution in [2.24, 2.45) is 0 Å². The second-order valence-corrected chi connectivity index (χ2v) is 11.3. The number of fused-ring (bicyclic) bond motifs is 7. The number of methoxy groups -OCH3 is 1. The third-order valence-corrected chi connectivity index (χ3v) is 9.56. The van der Waals surface area contributed by atoms with Crippen molar-refractivity contribution in [2.45, 2.75) is 22.9 Å². The Morgan fingerprint density at radius 3 is 2.69 bits per heavy atom. The summed E-state index contributed by atoms with van der Waals surface area (Å²) in [5.41, 5.74) is 0.821. The minimum absolute atomic E-state index is 0.0391. The lowest BCUT2D eigenvalue weighted by molar-refractivity contribution is -0.147. The monoisotopic (exact) mass is 548 g/mol. The van der Waals surface area contributed by atoms with Crippen LogP contribution in [0.5, 0.6) is 11.5 Å². The first-order valence-corrected chi connectivity index (χ1v) is 13.4. The van der Waals surface area contributed by atoms with Crippen molar-refractivity contribution in [3.8, 4) is 11.5 Å². The van der Waals surface area contributed by atoms with Gasteiger partial charge in [-0.25, -0.2) is 0 Å². The van der Waals surface area contributed by atoms with Gasteiger partial charge < -0.3 is 14.8 Å². The van der Waals surface area contributed by atoms with Crippen LogP contribution in [0.3, 0.4) is 0 Å². The third kappa shape index (κ3) is 2.45. The molecule has 0 unspecified atom stereocenters. The molecule has 2 spiro atoms. The van der Waals surface area contributed by atoms with E-state index in [1.807, 2.05) is 66.7 Å². The van der Waals surface area contributed by atoms with Crippen LogP contribution in [0, 0.1) is 0 Å². The predicted molar refractivity (Wildman–Crippen MR) is 137 cm³/mol. The molecule has 0 saturated carbocycles. The van der Waals surface area contributed by atoms with Crippen LogP contribution in [-0.4, -0.2) is 41.6 Å². The lowest BCUT2D eigenvalue weighted by Crippen LogP contribution is -2.61. The predicted octanol–water partition coefficient (Wildman–Crippen LogP) is 4.63. The molecule has 2 fully saturated rings. The average molecular weight is 549 g/mol. The van der Waals surface area contributed by atoms with Crippen molar-refractivity contribution < 1.29 is 19.1 Å². The minimum Gasteiger partial charge on any atom is -0.497 e. The summed E-state index contributed by atoms with van der Waals surface area (Å²) in [6.07, 6.45) is 0. The molecule has 4 atom stereocenters. The van der Waals surface area contributed by atoms with Gasteiger partial charge >= 0.3 is 5.97 Å². The number of anilines is 1. The van der Waals surface area contributed by atoms with Crippen molar-refractivity contribution in [3.63, 3.8) is 0 Å². The van der Waals surface area contributed by atoms with E-state index in [0.717, 1.165) is 38.4 Å². The van der Waals surface area contributed by atoms with E-state index in [0.29, 0.717) is 11.6 Å². The van der Waals surface area contributed by atoms with Crippen molar-refractivity contribution in [1.82, 2.24) is 4.90 Å². The smallest absolute Gasteiger partial charge is 0.325 e. The van der Waals surface area contributed by atoms with E-state index in [9.17, 15) is 9.59 Å². The van der Waals surface area contributed by atoms with Gasteiger partial charge in [0.25, 0.3) is 5.91 Å². The standard InChI is InChI=1S/C27H21BrN2O4S/c1-33-17-9-6-15(7-10-17)23-21-13-35-14-30(21)27(19-12-16(28)8-11-20(19)29-24(27)31)26(23)18-4-2-3-5-22(18)34-25(26)32/h2-12,21,23H,13-14H2,1H3,(H,29,31)/t21-,23-,26-,27-/m1/s1. The number of nitrogens with zero attached hydrogens (tertiary/aromatic N) is 1. The molecule has 1 amide bonds. The molecule has 3 aromatic carbocycles. The molecule has 35 heavy (non-hydrogen) atoms. The average Bonchev–Trinajstić information content (AvgIpc) is 3.58. The van der Waals surface area contributed by atoms with E-state index < -0.39 is 11.0 Å². The van der Waals surface area contributed by atoms with E-state index in [4.69, 9.17) is 9.47 Å². The first-order chi connectivity index (χ1) is 17.0. The molecule has 2 saturated heterocycles. The van der Waals surface area contributed by atoms with Gasteiger partial charge in [-0.2, -0.15) is 0 Å². The van der Waals surface area contributed by atoms with Crippen LogP contribution < -0.4 is 14.8 Å². The maximum Gasteiger partial charge on any atom is 0.325 e. The maximum atomic E-state index is 14.3. The molecule has 0 aromatic heterocycles. The summed E-state index contributed by atoms with van der Waals surface area (Å²) in [6, 6.07) is 21.2. The summed E-state index contributed by atoms with van der Waals surface area (Å²) in [5, 5.41) is 3.12. The van der Waals surface area contributed by atoms with Gasteiger partial charge in [-0.05, 0) is 42.0 Å². The van der Waals surface area contributed by atoms with Crippen LogP contribution in [0.4, 0.5) is 5.69 Å². The number of carbonyl (C=O) groups is 2. The molecule has 4 aliphatic rings. The van der Waals surface area contributed by atoms with Crippen molar-refractivity contribution in [3.05, 3.63) is 87.9 Å². The number of nitrogens with one attached hydrogen (secondary N) is 1. The van der Waals surface area contributed by atoms with Gasteiger partial charge in [-0.1, -0.05) is 46.3 Å². The summed E-state index contributed by atoms with van der Waals surface area (Å²) in [7, 11) is 1.64. The van der Waals surface area contributed by atoms with Crippen LogP contribution in [0.15, 0.2) is 71.2 Å². The van der Waals surface area contributed by atoms with Crippen LogP contribution in [0.1, 0.15) is 22.6 Å². The molecule has 0 radical (unpaired) electrons. The van der Waals surface area contributed by atoms with E-state index >= 15 is 0 Å². The van der Waals surface area contributed by atoms with Gasteiger partial charge in [0.15, 0.2) is 5.54 Å². The molecule has 8 heteroatoms. The summed E-state index contributed by atoms with van der Waals surface area (Å²) in [4.78, 5) is 30.9. The van der Waals surface area contributed by atoms with Crippen molar-refractivity contribution in [1.29, 1.82) is 0 Å². The van der Waals surface area contributed by atoms with E-state index in [2.05, 4.69) is 26.1 Å². The zero-order chi connectivity index (χ0) is 23.9. The second-order valence-electron chi connectivity index (χ2n) is 9.34. The third-order valence-electron chi connectivity index (χ3n) is 8.03. The Morgan fingerprint density at radius 2 is 1.89 bits per heavy atom. The molecule has 0 bridgehead atoms. The fourth-order valence-corrected chi connectivity index (χ4v) is 8.51. The zero-order valence-corrected chi connectivity index (χ0v) is 21.2. The number of halogens is 1. The molecule has 1 N–H and O–H groups in total. The number of carbonyl (C=O) groups excluding carboxylic acids is 2. The Morgan fingerprint density at radius 1 is 1.09 bits per heavy atom. The van der Waals surface area contributed by atoms with E-state index in [-0.39, 0.29) is 23.8 Å². The number of amides is 1. The van der Waals surface area contributed by atoms with Gasteiger partial charge in [0.1, 0.15) is 16.9 Å². The topological polar surface area (TPSA) is 67.9 Å². The molecule has 4 heterocycles. The number of rotatable bonds is 2. The largest absolute Gasteiger partial charge is 0.497 e. The van der Waals surface area contributed by atoms with Crippen molar-refractivity contribution in [2.75, 3.05) is 24.1 Å². The highest BCUT2D eigenvalue weighted by molar-refractivity contribution is 9.10. The second kappa shape index (κ2) is 7.35. The first kappa shape index (κ1) is 21.5. The van der Waals surface area contributed by atoms with E-state index in [1.54, 1.807) is 18.9 Å². The van der Waals surface area contributed by atoms with Crippen LogP contribution in [0.25, 0.3) is 0 Å². The number of hydrogen-bond donors (Lipinski definition) is 1. The summed E-state index contributed by atoms with van der Waals surface area (Å²) in [6.45, 7) is 0. The molecular weight excluding hydrogens is 528 g/mol. The number of hydrogen-bond acceptors (Lipinski definition) is 6. The molecule has 3 aromatic rings. The highest BCUT2D eigenvalue weighted by Gasteiger charge is 2.81. The van der Waals surface area contributed by atoms with Crippen molar-refractivity contribution >= 4 is 45.3 Å². The van der Waals surface area contributed by atoms with Gasteiger partial charge in [0.2, 0.25) is 0 Å². The van der Waals surface area contributed by atoms with Crippen LogP contribution in [-0.2, 0) is 20.5 Å². The molecular formula is C27H21BrN2O4S. The highest BCUT2D eigenvalue weighted by Crippen LogP contribution is 2.70. The summed E-state index contributed by atoms with van der Waals surface area (Å²) >= 11 is 5.41. The fraction of sp³-hybridized carbons (Fsp3) is 0.259. The van der Waals surface area contributed by atoms with Gasteiger partial charge in [-0.15, -0.1) is 11.8 Å². The quantitative estimate of drug-likeness (QED) is 0.372. The number of esters is 1. The molecule has 0 aliphatic carbocycles. The molecule has 176 valence electrons. The zero-order valence-electron chi connectivity index (χ0n) is 18.8. The summed E-state index contributed by atoms with van der Waals surface area (Å²) in [5.74, 6) is 1.89. The van der Waals surface area contributed by atoms with E-state index in [1.165, 1.54) is 0 Å². The van der Waals surface area contributed by atoms with Gasteiger partial charge in [0, 0.05) is 44.9 Å². The Hall–Kier alpha value is -2.81. The molecule has 4 aliphatic heterocycles. The van der Waals surface area contributed by atoms with Crippen LogP contribution >= 0.6 is 27.7 Å². The first-order valence-electron chi connectivity index (χ1n) is 11.4. The number of benzene rings is 3.